The van der Waals surface area contributed by atoms with E-state index in [4.69, 9.17) is 15.9 Å². The van der Waals surface area contributed by atoms with Crippen molar-refractivity contribution in [3.8, 4) is 5.75 Å². The van der Waals surface area contributed by atoms with Crippen molar-refractivity contribution in [3.63, 3.8) is 0 Å². The van der Waals surface area contributed by atoms with E-state index in [1.165, 1.54) is 6.07 Å². The number of nitro groups is 1. The van der Waals surface area contributed by atoms with Crippen LogP contribution >= 0.6 is 0 Å². The van der Waals surface area contributed by atoms with Crippen molar-refractivity contribution in [1.29, 1.82) is 0 Å². The van der Waals surface area contributed by atoms with Crippen LogP contribution < -0.4 is 5.73 Å². The van der Waals surface area contributed by atoms with E-state index in [2.05, 4.69) is 0 Å². The van der Waals surface area contributed by atoms with Crippen molar-refractivity contribution in [2.45, 2.75) is 6.04 Å². The molecule has 80 valence electrons. The lowest BCUT2D eigenvalue weighted by molar-refractivity contribution is -0.385. The summed E-state index contributed by atoms with van der Waals surface area (Å²) in [6.07, 6.45) is 0. The zero-order valence-electron chi connectivity index (χ0n) is 7.45. The highest BCUT2D eigenvalue weighted by atomic mass is 16.6. The number of nitrogens with zero attached hydrogens (tertiary/aromatic N) is 1. The molecule has 0 aliphatic rings. The van der Waals surface area contributed by atoms with E-state index in [9.17, 15) is 14.9 Å². The van der Waals surface area contributed by atoms with Gasteiger partial charge in [-0.25, -0.2) is 0 Å². The first-order valence-corrected chi connectivity index (χ1v) is 3.89. The SMILES string of the molecule is N[C@@H](C(=O)O)c1ccc(O)c([N+](=O)[O-])c1. The maximum Gasteiger partial charge on any atom is 0.325 e. The van der Waals surface area contributed by atoms with E-state index in [1.54, 1.807) is 0 Å². The molecule has 0 saturated heterocycles. The van der Waals surface area contributed by atoms with Crippen molar-refractivity contribution >= 4 is 11.7 Å². The summed E-state index contributed by atoms with van der Waals surface area (Å²) < 4.78 is 0. The second-order valence-electron chi connectivity index (χ2n) is 2.82. The average molecular weight is 212 g/mol. The van der Waals surface area contributed by atoms with E-state index < -0.39 is 28.4 Å². The third-order valence-corrected chi connectivity index (χ3v) is 1.82. The monoisotopic (exact) mass is 212 g/mol. The fourth-order valence-electron chi connectivity index (χ4n) is 1.02. The zero-order chi connectivity index (χ0) is 11.6. The molecular weight excluding hydrogens is 204 g/mol. The summed E-state index contributed by atoms with van der Waals surface area (Å²) in [5.74, 6) is -1.82. The minimum Gasteiger partial charge on any atom is -0.502 e. The predicted octanol–water partition coefficient (Wildman–Crippen LogP) is 0.385. The van der Waals surface area contributed by atoms with Crippen LogP contribution in [0.5, 0.6) is 5.75 Å². The molecule has 1 atom stereocenters. The molecule has 0 bridgehead atoms. The standard InChI is InChI=1S/C8H8N2O5/c9-7(8(12)13)4-1-2-6(11)5(3-4)10(14)15/h1-3,7,11H,9H2,(H,12,13)/t7-/m1/s1. The van der Waals surface area contributed by atoms with Gasteiger partial charge in [-0.3, -0.25) is 14.9 Å². The maximum atomic E-state index is 10.5. The van der Waals surface area contributed by atoms with Gasteiger partial charge >= 0.3 is 11.7 Å². The lowest BCUT2D eigenvalue weighted by Gasteiger charge is -2.06. The molecule has 7 heteroatoms. The Labute approximate surface area is 83.9 Å². The summed E-state index contributed by atoms with van der Waals surface area (Å²) in [6, 6.07) is 1.86. The number of hydrogen-bond acceptors (Lipinski definition) is 5. The summed E-state index contributed by atoms with van der Waals surface area (Å²) in [6.45, 7) is 0. The van der Waals surface area contributed by atoms with Crippen LogP contribution in [0.3, 0.4) is 0 Å². The Morgan fingerprint density at radius 2 is 2.13 bits per heavy atom. The van der Waals surface area contributed by atoms with Gasteiger partial charge in [-0.05, 0) is 11.6 Å². The molecule has 15 heavy (non-hydrogen) atoms. The predicted molar refractivity (Wildman–Crippen MR) is 49.3 cm³/mol. The number of phenols is 1. The molecule has 1 rings (SSSR count). The molecule has 0 aliphatic heterocycles. The van der Waals surface area contributed by atoms with Crippen LogP contribution in [0, 0.1) is 10.1 Å². The Kier molecular flexibility index (Phi) is 2.86. The number of hydrogen-bond donors (Lipinski definition) is 3. The average Bonchev–Trinajstić information content (AvgIpc) is 2.16. The van der Waals surface area contributed by atoms with Gasteiger partial charge in [-0.2, -0.15) is 0 Å². The topological polar surface area (TPSA) is 127 Å². The summed E-state index contributed by atoms with van der Waals surface area (Å²) in [5.41, 5.74) is 4.75. The number of benzene rings is 1. The molecule has 7 nitrogen and oxygen atoms in total. The van der Waals surface area contributed by atoms with Gasteiger partial charge in [0.15, 0.2) is 5.75 Å². The van der Waals surface area contributed by atoms with E-state index in [-0.39, 0.29) is 5.56 Å². The fourth-order valence-corrected chi connectivity index (χ4v) is 1.02. The maximum absolute atomic E-state index is 10.5. The third kappa shape index (κ3) is 2.20. The largest absolute Gasteiger partial charge is 0.502 e. The van der Waals surface area contributed by atoms with Crippen molar-refractivity contribution < 1.29 is 19.9 Å². The van der Waals surface area contributed by atoms with Gasteiger partial charge in [-0.1, -0.05) is 6.07 Å². The number of phenolic OH excluding ortho intramolecular Hbond substituents is 1. The number of carboxylic acid groups (broad SMARTS) is 1. The number of carboxylic acids is 1. The van der Waals surface area contributed by atoms with Crippen molar-refractivity contribution in [3.05, 3.63) is 33.9 Å². The van der Waals surface area contributed by atoms with Crippen LogP contribution in [0.25, 0.3) is 0 Å². The van der Waals surface area contributed by atoms with E-state index in [1.807, 2.05) is 0 Å². The van der Waals surface area contributed by atoms with Crippen LogP contribution in [0.2, 0.25) is 0 Å². The first-order chi connectivity index (χ1) is 6.93. The van der Waals surface area contributed by atoms with E-state index >= 15 is 0 Å². The second kappa shape index (κ2) is 3.93. The molecular formula is C8H8N2O5. The van der Waals surface area contributed by atoms with Gasteiger partial charge < -0.3 is 15.9 Å². The van der Waals surface area contributed by atoms with E-state index in [0.717, 1.165) is 12.1 Å². The normalized spacial score (nSPS) is 12.1. The Morgan fingerprint density at radius 1 is 1.53 bits per heavy atom. The smallest absolute Gasteiger partial charge is 0.325 e. The highest BCUT2D eigenvalue weighted by Crippen LogP contribution is 2.28. The number of carbonyl (C=O) groups is 1. The molecule has 1 aromatic carbocycles. The van der Waals surface area contributed by atoms with Gasteiger partial charge in [0.05, 0.1) is 4.92 Å². The minimum absolute atomic E-state index is 0.0620. The quantitative estimate of drug-likeness (QED) is 0.491. The molecule has 0 heterocycles. The summed E-state index contributed by atoms with van der Waals surface area (Å²) in [4.78, 5) is 20.1. The zero-order valence-corrected chi connectivity index (χ0v) is 7.45. The van der Waals surface area contributed by atoms with Gasteiger partial charge in [-0.15, -0.1) is 0 Å². The number of aliphatic carboxylic acids is 1. The molecule has 4 N–H and O–H groups in total. The van der Waals surface area contributed by atoms with Gasteiger partial charge in [0.1, 0.15) is 6.04 Å². The minimum atomic E-state index is -1.34. The number of nitrogens with two attached hydrogens (primary N) is 1. The van der Waals surface area contributed by atoms with Crippen LogP contribution in [0.1, 0.15) is 11.6 Å². The van der Waals surface area contributed by atoms with Crippen molar-refractivity contribution in [1.82, 2.24) is 0 Å². The van der Waals surface area contributed by atoms with Crippen LogP contribution in [0.15, 0.2) is 18.2 Å². The first-order valence-electron chi connectivity index (χ1n) is 3.89. The fraction of sp³-hybridized carbons (Fsp3) is 0.125. The molecule has 0 aliphatic carbocycles. The van der Waals surface area contributed by atoms with Crippen LogP contribution in [-0.4, -0.2) is 21.1 Å². The number of nitro benzene ring substituents is 1. The van der Waals surface area contributed by atoms with E-state index in [0.29, 0.717) is 0 Å². The summed E-state index contributed by atoms with van der Waals surface area (Å²) >= 11 is 0. The van der Waals surface area contributed by atoms with Gasteiger partial charge in [0.2, 0.25) is 0 Å². The molecule has 0 saturated carbocycles. The summed E-state index contributed by atoms with van der Waals surface area (Å²) in [7, 11) is 0. The lowest BCUT2D eigenvalue weighted by Crippen LogP contribution is -2.20. The van der Waals surface area contributed by atoms with Crippen molar-refractivity contribution in [2.75, 3.05) is 0 Å². The van der Waals surface area contributed by atoms with Crippen LogP contribution in [0.4, 0.5) is 5.69 Å². The molecule has 0 fully saturated rings. The van der Waals surface area contributed by atoms with Crippen LogP contribution in [-0.2, 0) is 4.79 Å². The lowest BCUT2D eigenvalue weighted by atomic mass is 10.1. The molecule has 0 radical (unpaired) electrons. The molecule has 1 aromatic rings. The second-order valence-corrected chi connectivity index (χ2v) is 2.82. The first kappa shape index (κ1) is 10.9. The summed E-state index contributed by atoms with van der Waals surface area (Å²) in [5, 5.41) is 28.1. The number of rotatable bonds is 3. The highest BCUT2D eigenvalue weighted by Gasteiger charge is 2.20. The Bertz CT molecular complexity index is 417. The molecule has 0 spiro atoms. The van der Waals surface area contributed by atoms with Crippen molar-refractivity contribution in [2.24, 2.45) is 5.73 Å². The number of aromatic hydroxyl groups is 1. The van der Waals surface area contributed by atoms with Gasteiger partial charge in [0, 0.05) is 6.07 Å². The Morgan fingerprint density at radius 3 is 2.60 bits per heavy atom. The highest BCUT2D eigenvalue weighted by molar-refractivity contribution is 5.75. The molecule has 0 amide bonds. The Balaban J connectivity index is 3.18. The third-order valence-electron chi connectivity index (χ3n) is 1.82. The molecule has 0 unspecified atom stereocenters. The molecule has 0 aromatic heterocycles. The Hall–Kier alpha value is -2.15. The van der Waals surface area contributed by atoms with Gasteiger partial charge in [0.25, 0.3) is 0 Å².